The van der Waals surface area contributed by atoms with Gasteiger partial charge in [0, 0.05) is 48.1 Å². The second-order valence-electron chi connectivity index (χ2n) is 8.94. The lowest BCUT2D eigenvalue weighted by molar-refractivity contribution is 0.0793. The molecular weight excluding hydrogens is 358 g/mol. The molecule has 4 nitrogen and oxygen atoms in total. The topological polar surface area (TPSA) is 36.4 Å². The Labute approximate surface area is 173 Å². The molecule has 0 bridgehead atoms. The Morgan fingerprint density at radius 3 is 2.07 bits per heavy atom. The highest BCUT2D eigenvalue weighted by atomic mass is 16.2. The van der Waals surface area contributed by atoms with Crippen molar-refractivity contribution in [3.63, 3.8) is 0 Å². The molecule has 2 aromatic rings. The number of nitrogens with zero attached hydrogens (tertiary/aromatic N) is 3. The third-order valence-corrected chi connectivity index (χ3v) is 7.18. The van der Waals surface area contributed by atoms with Gasteiger partial charge in [-0.1, -0.05) is 24.6 Å². The summed E-state index contributed by atoms with van der Waals surface area (Å²) < 4.78 is 0. The number of benzene rings is 1. The molecule has 3 aliphatic rings. The van der Waals surface area contributed by atoms with Gasteiger partial charge in [-0.25, -0.2) is 0 Å². The average molecular weight is 390 g/mol. The summed E-state index contributed by atoms with van der Waals surface area (Å²) in [5.74, 6) is 0.761. The van der Waals surface area contributed by atoms with Gasteiger partial charge in [0.15, 0.2) is 0 Å². The highest BCUT2D eigenvalue weighted by molar-refractivity contribution is 5.94. The number of hydrogen-bond acceptors (Lipinski definition) is 3. The van der Waals surface area contributed by atoms with Gasteiger partial charge in [0.25, 0.3) is 5.91 Å². The van der Waals surface area contributed by atoms with Crippen LogP contribution >= 0.6 is 0 Å². The minimum Gasteiger partial charge on any atom is -0.339 e. The SMILES string of the molecule is O=C(c1ccc(-c2ccc(C3CCN(C4CCC4)CC3)nc2)cc1)N1CCCC1. The van der Waals surface area contributed by atoms with Crippen LogP contribution in [0.4, 0.5) is 0 Å². The summed E-state index contributed by atoms with van der Waals surface area (Å²) in [5.41, 5.74) is 4.28. The molecule has 0 radical (unpaired) electrons. The molecule has 0 spiro atoms. The highest BCUT2D eigenvalue weighted by Gasteiger charge is 2.29. The number of carbonyl (C=O) groups excluding carboxylic acids is 1. The van der Waals surface area contributed by atoms with Gasteiger partial charge in [-0.3, -0.25) is 9.78 Å². The predicted molar refractivity (Wildman–Crippen MR) is 116 cm³/mol. The van der Waals surface area contributed by atoms with Crippen LogP contribution in [0.25, 0.3) is 11.1 Å². The molecule has 1 aromatic heterocycles. The van der Waals surface area contributed by atoms with E-state index >= 15 is 0 Å². The Balaban J connectivity index is 1.21. The molecular formula is C25H31N3O. The van der Waals surface area contributed by atoms with Crippen LogP contribution in [0.5, 0.6) is 0 Å². The van der Waals surface area contributed by atoms with Crippen molar-refractivity contribution in [2.45, 2.75) is 56.9 Å². The Hall–Kier alpha value is -2.20. The van der Waals surface area contributed by atoms with Crippen LogP contribution in [0.3, 0.4) is 0 Å². The molecule has 1 aliphatic carbocycles. The number of rotatable bonds is 4. The highest BCUT2D eigenvalue weighted by Crippen LogP contribution is 2.33. The zero-order valence-electron chi connectivity index (χ0n) is 17.2. The molecule has 0 unspecified atom stereocenters. The zero-order valence-corrected chi connectivity index (χ0v) is 17.2. The van der Waals surface area contributed by atoms with E-state index in [-0.39, 0.29) is 5.91 Å². The summed E-state index contributed by atoms with van der Waals surface area (Å²) in [6.45, 7) is 4.24. The van der Waals surface area contributed by atoms with E-state index in [1.165, 1.54) is 50.9 Å². The van der Waals surface area contributed by atoms with Gasteiger partial charge < -0.3 is 9.80 Å². The number of amides is 1. The van der Waals surface area contributed by atoms with Gasteiger partial charge in [0.05, 0.1) is 0 Å². The fraction of sp³-hybridized carbons (Fsp3) is 0.520. The van der Waals surface area contributed by atoms with Gasteiger partial charge >= 0.3 is 0 Å². The first-order valence-electron chi connectivity index (χ1n) is 11.4. The molecule has 152 valence electrons. The van der Waals surface area contributed by atoms with Gasteiger partial charge in [-0.15, -0.1) is 0 Å². The maximum atomic E-state index is 12.5. The normalized spacial score (nSPS) is 21.3. The zero-order chi connectivity index (χ0) is 19.6. The van der Waals surface area contributed by atoms with Crippen molar-refractivity contribution in [1.82, 2.24) is 14.8 Å². The van der Waals surface area contributed by atoms with Crippen molar-refractivity contribution >= 4 is 5.91 Å². The Kier molecular flexibility index (Phi) is 5.36. The number of carbonyl (C=O) groups is 1. The van der Waals surface area contributed by atoms with Crippen LogP contribution < -0.4 is 0 Å². The van der Waals surface area contributed by atoms with Crippen molar-refractivity contribution in [3.8, 4) is 11.1 Å². The van der Waals surface area contributed by atoms with Gasteiger partial charge in [0.2, 0.25) is 0 Å². The van der Waals surface area contributed by atoms with E-state index in [0.717, 1.165) is 48.7 Å². The van der Waals surface area contributed by atoms with Crippen molar-refractivity contribution in [2.75, 3.05) is 26.2 Å². The van der Waals surface area contributed by atoms with Crippen molar-refractivity contribution < 1.29 is 4.79 Å². The van der Waals surface area contributed by atoms with E-state index < -0.39 is 0 Å². The summed E-state index contributed by atoms with van der Waals surface area (Å²) in [4.78, 5) is 22.0. The maximum Gasteiger partial charge on any atom is 0.253 e. The molecule has 1 aromatic carbocycles. The number of hydrogen-bond donors (Lipinski definition) is 0. The quantitative estimate of drug-likeness (QED) is 0.759. The van der Waals surface area contributed by atoms with E-state index in [2.05, 4.69) is 29.2 Å². The number of aromatic nitrogens is 1. The molecule has 3 heterocycles. The molecule has 1 amide bonds. The van der Waals surface area contributed by atoms with E-state index in [9.17, 15) is 4.79 Å². The van der Waals surface area contributed by atoms with Gasteiger partial charge in [-0.05, 0) is 75.4 Å². The monoisotopic (exact) mass is 389 g/mol. The molecule has 5 rings (SSSR count). The number of piperidine rings is 1. The van der Waals surface area contributed by atoms with E-state index in [1.807, 2.05) is 23.2 Å². The minimum absolute atomic E-state index is 0.163. The first-order chi connectivity index (χ1) is 14.3. The Morgan fingerprint density at radius 2 is 1.48 bits per heavy atom. The first-order valence-corrected chi connectivity index (χ1v) is 11.4. The molecule has 29 heavy (non-hydrogen) atoms. The fourth-order valence-corrected chi connectivity index (χ4v) is 5.04. The van der Waals surface area contributed by atoms with Crippen LogP contribution in [0.2, 0.25) is 0 Å². The van der Waals surface area contributed by atoms with E-state index in [1.54, 1.807) is 0 Å². The summed E-state index contributed by atoms with van der Waals surface area (Å²) in [6.07, 6.45) is 10.9. The lowest BCUT2D eigenvalue weighted by atomic mass is 9.86. The third kappa shape index (κ3) is 3.95. The molecule has 2 aliphatic heterocycles. The van der Waals surface area contributed by atoms with E-state index in [0.29, 0.717) is 5.92 Å². The molecule has 0 N–H and O–H groups in total. The summed E-state index contributed by atoms with van der Waals surface area (Å²) in [7, 11) is 0. The largest absolute Gasteiger partial charge is 0.339 e. The Morgan fingerprint density at radius 1 is 0.793 bits per heavy atom. The van der Waals surface area contributed by atoms with Crippen molar-refractivity contribution in [1.29, 1.82) is 0 Å². The minimum atomic E-state index is 0.163. The van der Waals surface area contributed by atoms with Crippen LogP contribution in [-0.4, -0.2) is 52.9 Å². The standard InChI is InChI=1S/C25H31N3O/c29-25(28-14-1-2-15-28)21-8-6-19(7-9-21)22-10-11-24(26-18-22)20-12-16-27(17-13-20)23-4-3-5-23/h6-11,18,20,23H,1-5,12-17H2. The molecule has 1 saturated carbocycles. The summed E-state index contributed by atoms with van der Waals surface area (Å²) >= 11 is 0. The van der Waals surface area contributed by atoms with Gasteiger partial charge in [0.1, 0.15) is 0 Å². The Bertz CT molecular complexity index is 827. The fourth-order valence-electron chi connectivity index (χ4n) is 5.04. The molecule has 2 saturated heterocycles. The lowest BCUT2D eigenvalue weighted by Gasteiger charge is -2.41. The number of pyridine rings is 1. The summed E-state index contributed by atoms with van der Waals surface area (Å²) in [6, 6.07) is 13.3. The van der Waals surface area contributed by atoms with Crippen LogP contribution in [0.15, 0.2) is 42.6 Å². The average Bonchev–Trinajstić information content (AvgIpc) is 3.28. The van der Waals surface area contributed by atoms with Crippen LogP contribution in [-0.2, 0) is 0 Å². The van der Waals surface area contributed by atoms with Crippen LogP contribution in [0, 0.1) is 0 Å². The van der Waals surface area contributed by atoms with Crippen molar-refractivity contribution in [3.05, 3.63) is 53.9 Å². The smallest absolute Gasteiger partial charge is 0.253 e. The van der Waals surface area contributed by atoms with E-state index in [4.69, 9.17) is 4.98 Å². The second-order valence-corrected chi connectivity index (χ2v) is 8.94. The van der Waals surface area contributed by atoms with Gasteiger partial charge in [-0.2, -0.15) is 0 Å². The molecule has 3 fully saturated rings. The second kappa shape index (κ2) is 8.27. The van der Waals surface area contributed by atoms with Crippen molar-refractivity contribution in [2.24, 2.45) is 0 Å². The van der Waals surface area contributed by atoms with Crippen LogP contribution in [0.1, 0.15) is 66.9 Å². The molecule has 0 atom stereocenters. The maximum absolute atomic E-state index is 12.5. The first kappa shape index (κ1) is 18.8. The molecule has 4 heteroatoms. The number of likely N-dealkylation sites (tertiary alicyclic amines) is 2. The predicted octanol–water partition coefficient (Wildman–Crippen LogP) is 4.72. The summed E-state index contributed by atoms with van der Waals surface area (Å²) in [5, 5.41) is 0. The third-order valence-electron chi connectivity index (χ3n) is 7.18. The lowest BCUT2D eigenvalue weighted by Crippen LogP contribution is -2.44.